The van der Waals surface area contributed by atoms with E-state index in [-0.39, 0.29) is 12.5 Å². The van der Waals surface area contributed by atoms with Crippen LogP contribution in [0.5, 0.6) is 0 Å². The first-order valence-corrected chi connectivity index (χ1v) is 9.95. The first-order valence-electron chi connectivity index (χ1n) is 8.70. The Morgan fingerprint density at radius 1 is 1.25 bits per heavy atom. The van der Waals surface area contributed by atoms with Crippen molar-refractivity contribution in [2.24, 2.45) is 0 Å². The van der Waals surface area contributed by atoms with Crippen LogP contribution in [0.25, 0.3) is 21.3 Å². The molecule has 2 aromatic heterocycles. The van der Waals surface area contributed by atoms with Crippen LogP contribution < -0.4 is 5.32 Å². The van der Waals surface area contributed by atoms with Gasteiger partial charge in [-0.15, -0.1) is 11.3 Å². The molecule has 0 spiro atoms. The van der Waals surface area contributed by atoms with Crippen molar-refractivity contribution >= 4 is 38.9 Å². The minimum atomic E-state index is -0.816. The number of aromatic nitrogens is 1. The molecule has 2 aromatic carbocycles. The summed E-state index contributed by atoms with van der Waals surface area (Å²) >= 11 is 7.81. The van der Waals surface area contributed by atoms with Crippen LogP contribution >= 0.6 is 22.9 Å². The molecule has 7 heteroatoms. The molecule has 0 fully saturated rings. The van der Waals surface area contributed by atoms with Crippen LogP contribution in [0.3, 0.4) is 0 Å². The number of fused-ring (bicyclic) bond motifs is 1. The van der Waals surface area contributed by atoms with Crippen molar-refractivity contribution < 1.29 is 14.4 Å². The van der Waals surface area contributed by atoms with Gasteiger partial charge in [0.15, 0.2) is 0 Å². The molecule has 4 aromatic rings. The normalized spacial score (nSPS) is 12.2. The molecule has 0 saturated heterocycles. The van der Waals surface area contributed by atoms with Gasteiger partial charge in [0.2, 0.25) is 0 Å². The first kappa shape index (κ1) is 18.7. The van der Waals surface area contributed by atoms with Gasteiger partial charge >= 0.3 is 0 Å². The van der Waals surface area contributed by atoms with Crippen molar-refractivity contribution in [3.63, 3.8) is 0 Å². The maximum absolute atomic E-state index is 12.8. The fraction of sp³-hybridized carbons (Fsp3) is 0.143. The van der Waals surface area contributed by atoms with Gasteiger partial charge in [0, 0.05) is 22.4 Å². The molecule has 0 saturated carbocycles. The van der Waals surface area contributed by atoms with E-state index >= 15 is 0 Å². The lowest BCUT2D eigenvalue weighted by molar-refractivity contribution is 0.0916. The number of carbonyl (C=O) groups is 1. The SMILES string of the molecule is Cc1onc(-c2ccccc2Cl)c1C(=O)NCC(O)c1csc2ccccc12. The van der Waals surface area contributed by atoms with E-state index in [9.17, 15) is 9.90 Å². The van der Waals surface area contributed by atoms with Gasteiger partial charge in [-0.05, 0) is 29.8 Å². The number of nitrogens with zero attached hydrogens (tertiary/aromatic N) is 1. The number of aliphatic hydroxyl groups is 1. The largest absolute Gasteiger partial charge is 0.387 e. The van der Waals surface area contributed by atoms with Gasteiger partial charge in [-0.2, -0.15) is 0 Å². The Bertz CT molecular complexity index is 1150. The summed E-state index contributed by atoms with van der Waals surface area (Å²) in [6, 6.07) is 15.0. The van der Waals surface area contributed by atoms with Crippen LogP contribution in [0, 0.1) is 6.92 Å². The van der Waals surface area contributed by atoms with E-state index in [2.05, 4.69) is 10.5 Å². The molecule has 0 aliphatic heterocycles. The number of aryl methyl sites for hydroxylation is 1. The van der Waals surface area contributed by atoms with E-state index in [1.165, 1.54) is 0 Å². The van der Waals surface area contributed by atoms with Gasteiger partial charge in [-0.1, -0.05) is 53.2 Å². The molecule has 28 heavy (non-hydrogen) atoms. The molecule has 1 atom stereocenters. The number of nitrogens with one attached hydrogen (secondary N) is 1. The van der Waals surface area contributed by atoms with Crippen molar-refractivity contribution in [2.75, 3.05) is 6.54 Å². The first-order chi connectivity index (χ1) is 13.6. The summed E-state index contributed by atoms with van der Waals surface area (Å²) in [7, 11) is 0. The van der Waals surface area contributed by atoms with Gasteiger partial charge in [0.25, 0.3) is 5.91 Å². The Kier molecular flexibility index (Phi) is 5.17. The number of rotatable bonds is 5. The van der Waals surface area contributed by atoms with E-state index in [1.807, 2.05) is 35.7 Å². The molecule has 2 N–H and O–H groups in total. The fourth-order valence-corrected chi connectivity index (χ4v) is 4.35. The topological polar surface area (TPSA) is 75.4 Å². The average Bonchev–Trinajstić information content (AvgIpc) is 3.30. The van der Waals surface area contributed by atoms with Crippen molar-refractivity contribution in [3.05, 3.63) is 75.8 Å². The number of hydrogen-bond acceptors (Lipinski definition) is 5. The Morgan fingerprint density at radius 3 is 2.82 bits per heavy atom. The van der Waals surface area contributed by atoms with Crippen LogP contribution in [0.15, 0.2) is 58.4 Å². The summed E-state index contributed by atoms with van der Waals surface area (Å²) in [5, 5.41) is 20.8. The number of hydrogen-bond donors (Lipinski definition) is 2. The van der Waals surface area contributed by atoms with E-state index in [0.29, 0.717) is 27.6 Å². The summed E-state index contributed by atoms with van der Waals surface area (Å²) < 4.78 is 6.33. The fourth-order valence-electron chi connectivity index (χ4n) is 3.12. The highest BCUT2D eigenvalue weighted by Gasteiger charge is 2.24. The van der Waals surface area contributed by atoms with Crippen LogP contribution in [-0.2, 0) is 0 Å². The van der Waals surface area contributed by atoms with Gasteiger partial charge in [-0.3, -0.25) is 4.79 Å². The Labute approximate surface area is 170 Å². The number of halogens is 1. The summed E-state index contributed by atoms with van der Waals surface area (Å²) in [6.07, 6.45) is -0.816. The number of benzene rings is 2. The molecule has 2 heterocycles. The number of thiophene rings is 1. The number of aliphatic hydroxyl groups excluding tert-OH is 1. The summed E-state index contributed by atoms with van der Waals surface area (Å²) in [5.41, 5.74) is 2.12. The maximum atomic E-state index is 12.8. The summed E-state index contributed by atoms with van der Waals surface area (Å²) in [5.74, 6) is 0.0233. The van der Waals surface area contributed by atoms with E-state index in [4.69, 9.17) is 16.1 Å². The smallest absolute Gasteiger partial charge is 0.257 e. The second-order valence-corrected chi connectivity index (χ2v) is 7.67. The van der Waals surface area contributed by atoms with E-state index in [0.717, 1.165) is 15.6 Å². The lowest BCUT2D eigenvalue weighted by atomic mass is 10.0. The molecule has 0 radical (unpaired) electrons. The van der Waals surface area contributed by atoms with Crippen molar-refractivity contribution in [1.82, 2.24) is 10.5 Å². The molecule has 142 valence electrons. The van der Waals surface area contributed by atoms with Crippen LogP contribution in [0.1, 0.15) is 27.8 Å². The van der Waals surface area contributed by atoms with Crippen LogP contribution in [0.4, 0.5) is 0 Å². The molecular weight excluding hydrogens is 396 g/mol. The Morgan fingerprint density at radius 2 is 2.00 bits per heavy atom. The molecule has 4 rings (SSSR count). The Hall–Kier alpha value is -2.67. The molecule has 1 unspecified atom stereocenters. The molecule has 1 amide bonds. The second-order valence-electron chi connectivity index (χ2n) is 6.36. The van der Waals surface area contributed by atoms with Gasteiger partial charge < -0.3 is 14.9 Å². The quantitative estimate of drug-likeness (QED) is 0.484. The zero-order chi connectivity index (χ0) is 19.7. The highest BCUT2D eigenvalue weighted by atomic mass is 35.5. The third kappa shape index (κ3) is 3.42. The standard InChI is InChI=1S/C21H17ClN2O3S/c1-12-19(20(24-27-12)14-7-2-4-8-16(14)22)21(26)23-10-17(25)15-11-28-18-9-5-3-6-13(15)18/h2-9,11,17,25H,10H2,1H3,(H,23,26). The summed E-state index contributed by atoms with van der Waals surface area (Å²) in [4.78, 5) is 12.8. The van der Waals surface area contributed by atoms with Crippen LogP contribution in [0.2, 0.25) is 5.02 Å². The third-order valence-corrected chi connectivity index (χ3v) is 5.86. The zero-order valence-corrected chi connectivity index (χ0v) is 16.6. The minimum Gasteiger partial charge on any atom is -0.387 e. The Balaban J connectivity index is 1.55. The molecular formula is C21H17ClN2O3S. The van der Waals surface area contributed by atoms with Crippen molar-refractivity contribution in [3.8, 4) is 11.3 Å². The summed E-state index contributed by atoms with van der Waals surface area (Å²) in [6.45, 7) is 1.75. The monoisotopic (exact) mass is 412 g/mol. The molecule has 0 aliphatic carbocycles. The molecule has 5 nitrogen and oxygen atoms in total. The lowest BCUT2D eigenvalue weighted by Gasteiger charge is -2.12. The zero-order valence-electron chi connectivity index (χ0n) is 15.0. The van der Waals surface area contributed by atoms with Gasteiger partial charge in [0.1, 0.15) is 17.0 Å². The molecule has 0 bridgehead atoms. The average molecular weight is 413 g/mol. The number of amides is 1. The van der Waals surface area contributed by atoms with E-state index < -0.39 is 6.10 Å². The van der Waals surface area contributed by atoms with Gasteiger partial charge in [0.05, 0.1) is 11.1 Å². The minimum absolute atomic E-state index is 0.0755. The second kappa shape index (κ2) is 7.75. The predicted octanol–water partition coefficient (Wildman–Crippen LogP) is 4.98. The lowest BCUT2D eigenvalue weighted by Crippen LogP contribution is -2.29. The predicted molar refractivity (Wildman–Crippen MR) is 111 cm³/mol. The van der Waals surface area contributed by atoms with Crippen LogP contribution in [-0.4, -0.2) is 22.7 Å². The van der Waals surface area contributed by atoms with Crippen molar-refractivity contribution in [1.29, 1.82) is 0 Å². The molecule has 0 aliphatic rings. The van der Waals surface area contributed by atoms with Gasteiger partial charge in [-0.25, -0.2) is 0 Å². The van der Waals surface area contributed by atoms with Crippen molar-refractivity contribution in [2.45, 2.75) is 13.0 Å². The third-order valence-electron chi connectivity index (χ3n) is 4.54. The highest BCUT2D eigenvalue weighted by Crippen LogP contribution is 2.32. The maximum Gasteiger partial charge on any atom is 0.257 e. The number of carbonyl (C=O) groups excluding carboxylic acids is 1. The van der Waals surface area contributed by atoms with E-state index in [1.54, 1.807) is 36.5 Å². The highest BCUT2D eigenvalue weighted by molar-refractivity contribution is 7.17.